The van der Waals surface area contributed by atoms with Gasteiger partial charge in [-0.15, -0.1) is 0 Å². The van der Waals surface area contributed by atoms with Crippen LogP contribution in [0.25, 0.3) is 0 Å². The Hall–Kier alpha value is -1.35. The van der Waals surface area contributed by atoms with Gasteiger partial charge in [-0.05, 0) is 35.7 Å². The van der Waals surface area contributed by atoms with Crippen molar-refractivity contribution in [2.75, 3.05) is 7.11 Å². The first kappa shape index (κ1) is 10.4. The van der Waals surface area contributed by atoms with Crippen molar-refractivity contribution in [2.24, 2.45) is 29.6 Å². The minimum absolute atomic E-state index is 0.218. The number of carbonyl (C=O) groups is 1. The lowest BCUT2D eigenvalue weighted by molar-refractivity contribution is -0.295. The zero-order valence-electron chi connectivity index (χ0n) is 10.8. The van der Waals surface area contributed by atoms with Crippen LogP contribution in [0.4, 0.5) is 0 Å². The van der Waals surface area contributed by atoms with E-state index in [4.69, 9.17) is 9.47 Å². The maximum Gasteiger partial charge on any atom is 0.343 e. The minimum atomic E-state index is -0.816. The summed E-state index contributed by atoms with van der Waals surface area (Å²) in [4.78, 5) is 12.4. The summed E-state index contributed by atoms with van der Waals surface area (Å²) >= 11 is 0. The molecular formula is C16H16O3. The molecule has 4 aliphatic carbocycles. The molecule has 6 rings (SSSR count). The van der Waals surface area contributed by atoms with E-state index in [0.717, 1.165) is 35.7 Å². The average molecular weight is 256 g/mol. The third kappa shape index (κ3) is 1.00. The van der Waals surface area contributed by atoms with E-state index in [2.05, 4.69) is 0 Å². The summed E-state index contributed by atoms with van der Waals surface area (Å²) in [6, 6.07) is 9.89. The summed E-state index contributed by atoms with van der Waals surface area (Å²) < 4.78 is 11.2. The Morgan fingerprint density at radius 1 is 1.26 bits per heavy atom. The van der Waals surface area contributed by atoms with Gasteiger partial charge in [0, 0.05) is 5.92 Å². The first-order chi connectivity index (χ1) is 9.29. The number of ether oxygens (including phenoxy) is 2. The zero-order chi connectivity index (χ0) is 12.8. The fourth-order valence-electron chi connectivity index (χ4n) is 4.99. The van der Waals surface area contributed by atoms with E-state index in [1.807, 2.05) is 30.3 Å². The van der Waals surface area contributed by atoms with Crippen molar-refractivity contribution in [3.05, 3.63) is 35.9 Å². The molecular weight excluding hydrogens is 240 g/mol. The molecule has 1 saturated heterocycles. The second-order valence-corrected chi connectivity index (χ2v) is 6.41. The zero-order valence-corrected chi connectivity index (χ0v) is 10.8. The molecule has 0 N–H and O–H groups in total. The third-order valence-electron chi connectivity index (χ3n) is 5.86. The molecule has 98 valence electrons. The van der Waals surface area contributed by atoms with Crippen LogP contribution in [0.1, 0.15) is 12.0 Å². The molecule has 5 aliphatic rings. The minimum Gasteiger partial charge on any atom is -0.467 e. The molecule has 19 heavy (non-hydrogen) atoms. The maximum absolute atomic E-state index is 12.4. The molecule has 1 heterocycles. The number of hydrogen-bond donors (Lipinski definition) is 0. The van der Waals surface area contributed by atoms with Crippen molar-refractivity contribution in [3.8, 4) is 0 Å². The Morgan fingerprint density at radius 2 is 2.00 bits per heavy atom. The largest absolute Gasteiger partial charge is 0.467 e. The monoisotopic (exact) mass is 256 g/mol. The van der Waals surface area contributed by atoms with Gasteiger partial charge in [-0.1, -0.05) is 30.3 Å². The van der Waals surface area contributed by atoms with Gasteiger partial charge < -0.3 is 9.47 Å². The molecule has 3 heteroatoms. The predicted octanol–water partition coefficient (Wildman–Crippen LogP) is 1.97. The summed E-state index contributed by atoms with van der Waals surface area (Å²) in [6.07, 6.45) is 1.44. The fraction of sp³-hybridized carbons (Fsp3) is 0.562. The van der Waals surface area contributed by atoms with E-state index in [1.54, 1.807) is 0 Å². The first-order valence-corrected chi connectivity index (χ1v) is 7.11. The van der Waals surface area contributed by atoms with E-state index < -0.39 is 5.60 Å². The molecule has 0 aromatic heterocycles. The molecule has 0 radical (unpaired) electrons. The second kappa shape index (κ2) is 3.04. The molecule has 1 aliphatic heterocycles. The molecule has 4 saturated carbocycles. The van der Waals surface area contributed by atoms with E-state index in [1.165, 1.54) is 7.11 Å². The predicted molar refractivity (Wildman–Crippen MR) is 67.1 cm³/mol. The number of esters is 1. The first-order valence-electron chi connectivity index (χ1n) is 7.11. The maximum atomic E-state index is 12.4. The summed E-state index contributed by atoms with van der Waals surface area (Å²) in [5.41, 5.74) is 0.150. The molecule has 0 amide bonds. The average Bonchev–Trinajstić information content (AvgIpc) is 3.32. The highest BCUT2D eigenvalue weighted by molar-refractivity contribution is 5.83. The molecule has 5 atom stereocenters. The lowest BCUT2D eigenvalue weighted by Crippen LogP contribution is -2.66. The van der Waals surface area contributed by atoms with Crippen LogP contribution >= 0.6 is 0 Å². The highest BCUT2D eigenvalue weighted by atomic mass is 16.6. The van der Waals surface area contributed by atoms with E-state index in [9.17, 15) is 4.79 Å². The van der Waals surface area contributed by atoms with Gasteiger partial charge in [-0.3, -0.25) is 0 Å². The van der Waals surface area contributed by atoms with Crippen LogP contribution in [0, 0.1) is 29.6 Å². The molecule has 2 bridgehead atoms. The number of benzene rings is 1. The highest BCUT2D eigenvalue weighted by Crippen LogP contribution is 2.84. The Bertz CT molecular complexity index is 557. The van der Waals surface area contributed by atoms with E-state index in [0.29, 0.717) is 5.92 Å². The van der Waals surface area contributed by atoms with Crippen LogP contribution in [0.5, 0.6) is 0 Å². The lowest BCUT2D eigenvalue weighted by Gasteiger charge is -2.57. The van der Waals surface area contributed by atoms with Crippen LogP contribution < -0.4 is 0 Å². The third-order valence-corrected chi connectivity index (χ3v) is 5.86. The van der Waals surface area contributed by atoms with Crippen molar-refractivity contribution >= 4 is 5.97 Å². The van der Waals surface area contributed by atoms with Crippen molar-refractivity contribution in [1.29, 1.82) is 0 Å². The van der Waals surface area contributed by atoms with Crippen LogP contribution in [0.15, 0.2) is 30.3 Å². The summed E-state index contributed by atoms with van der Waals surface area (Å²) in [5, 5.41) is 0. The normalized spacial score (nSPS) is 51.4. The van der Waals surface area contributed by atoms with Crippen LogP contribution in [0.3, 0.4) is 0 Å². The van der Waals surface area contributed by atoms with Crippen molar-refractivity contribution < 1.29 is 14.3 Å². The second-order valence-electron chi connectivity index (χ2n) is 6.41. The Labute approximate surface area is 111 Å². The van der Waals surface area contributed by atoms with E-state index in [-0.39, 0.29) is 12.1 Å². The van der Waals surface area contributed by atoms with Crippen LogP contribution in [-0.4, -0.2) is 19.2 Å². The van der Waals surface area contributed by atoms with Crippen molar-refractivity contribution in [3.63, 3.8) is 0 Å². The Morgan fingerprint density at radius 3 is 2.68 bits per heavy atom. The van der Waals surface area contributed by atoms with E-state index >= 15 is 0 Å². The quantitative estimate of drug-likeness (QED) is 0.759. The van der Waals surface area contributed by atoms with Gasteiger partial charge in [0.1, 0.15) is 0 Å². The van der Waals surface area contributed by atoms with Gasteiger partial charge in [0.2, 0.25) is 0 Å². The molecule has 1 aromatic carbocycles. The molecule has 5 unspecified atom stereocenters. The van der Waals surface area contributed by atoms with Gasteiger partial charge >= 0.3 is 5.97 Å². The Kier molecular flexibility index (Phi) is 1.67. The van der Waals surface area contributed by atoms with Crippen molar-refractivity contribution in [1.82, 2.24) is 0 Å². The lowest BCUT2D eigenvalue weighted by atomic mass is 9.61. The number of hydrogen-bond acceptors (Lipinski definition) is 3. The number of carbonyl (C=O) groups excluding carboxylic acids is 1. The van der Waals surface area contributed by atoms with Gasteiger partial charge in [-0.2, -0.15) is 0 Å². The molecule has 5 fully saturated rings. The summed E-state index contributed by atoms with van der Waals surface area (Å²) in [5.74, 6) is 3.57. The van der Waals surface area contributed by atoms with Crippen molar-refractivity contribution in [2.45, 2.75) is 18.1 Å². The van der Waals surface area contributed by atoms with Crippen LogP contribution in [0.2, 0.25) is 0 Å². The summed E-state index contributed by atoms with van der Waals surface area (Å²) in [7, 11) is 1.46. The van der Waals surface area contributed by atoms with Gasteiger partial charge in [-0.25, -0.2) is 4.79 Å². The molecule has 0 spiro atoms. The smallest absolute Gasteiger partial charge is 0.343 e. The number of methoxy groups -OCH3 is 1. The van der Waals surface area contributed by atoms with Gasteiger partial charge in [0.15, 0.2) is 5.60 Å². The van der Waals surface area contributed by atoms with Gasteiger partial charge in [0.05, 0.1) is 13.2 Å². The Balaban J connectivity index is 1.60. The van der Waals surface area contributed by atoms with Gasteiger partial charge in [0.25, 0.3) is 0 Å². The van der Waals surface area contributed by atoms with Crippen LogP contribution in [-0.2, 0) is 19.9 Å². The number of rotatable bonds is 2. The fourth-order valence-corrected chi connectivity index (χ4v) is 4.99. The topological polar surface area (TPSA) is 35.5 Å². The molecule has 1 aromatic rings. The molecule has 3 nitrogen and oxygen atoms in total. The SMILES string of the molecule is COC(=O)C1(c2ccccc2)OC2CC3C4C3C4C21. The summed E-state index contributed by atoms with van der Waals surface area (Å²) in [6.45, 7) is 0. The standard InChI is InChI=1S/C16H16O3/c1-18-15(17)16(8-5-3-2-4-6-8)14-10(19-16)7-9-11-12(9)13(11)14/h2-6,9-14H,7H2,1H3. The highest BCUT2D eigenvalue weighted by Gasteiger charge is 2.85.